The third-order valence-corrected chi connectivity index (χ3v) is 4.88. The van der Waals surface area contributed by atoms with E-state index in [2.05, 4.69) is 24.5 Å². The van der Waals surface area contributed by atoms with Crippen LogP contribution in [0.2, 0.25) is 0 Å². The van der Waals surface area contributed by atoms with E-state index in [0.717, 1.165) is 19.1 Å². The predicted molar refractivity (Wildman–Crippen MR) is 75.8 cm³/mol. The van der Waals surface area contributed by atoms with Gasteiger partial charge in [0.25, 0.3) is 0 Å². The molecule has 3 heteroatoms. The lowest BCUT2D eigenvalue weighted by molar-refractivity contribution is 0.103. The minimum absolute atomic E-state index is 0.452. The van der Waals surface area contributed by atoms with E-state index in [9.17, 15) is 0 Å². The molecule has 2 aliphatic rings. The normalized spacial score (nSPS) is 31.7. The Morgan fingerprint density at radius 1 is 1.33 bits per heavy atom. The minimum Gasteiger partial charge on any atom is -0.378 e. The molecule has 2 saturated heterocycles. The quantitative estimate of drug-likeness (QED) is 0.762. The van der Waals surface area contributed by atoms with Gasteiger partial charge in [-0.1, -0.05) is 13.3 Å². The summed E-state index contributed by atoms with van der Waals surface area (Å²) in [6.45, 7) is 10.2. The molecule has 106 valence electrons. The Balaban J connectivity index is 1.75. The Hall–Kier alpha value is -0.120. The molecule has 2 aliphatic heterocycles. The SMILES string of the molecule is CCCC1(CNCC2CCOC2C)CCNCC1. The molecule has 2 heterocycles. The van der Waals surface area contributed by atoms with Crippen molar-refractivity contribution in [2.24, 2.45) is 11.3 Å². The van der Waals surface area contributed by atoms with Gasteiger partial charge in [-0.3, -0.25) is 0 Å². The average molecular weight is 254 g/mol. The Morgan fingerprint density at radius 3 is 2.72 bits per heavy atom. The molecule has 2 unspecified atom stereocenters. The van der Waals surface area contributed by atoms with Gasteiger partial charge in [-0.25, -0.2) is 0 Å². The van der Waals surface area contributed by atoms with E-state index >= 15 is 0 Å². The first-order valence-electron chi connectivity index (χ1n) is 7.79. The van der Waals surface area contributed by atoms with Crippen molar-refractivity contribution in [2.45, 2.75) is 52.1 Å². The molecule has 0 aromatic carbocycles. The topological polar surface area (TPSA) is 33.3 Å². The first-order valence-corrected chi connectivity index (χ1v) is 7.79. The molecule has 0 aromatic heterocycles. The second-order valence-electron chi connectivity index (χ2n) is 6.26. The van der Waals surface area contributed by atoms with Crippen molar-refractivity contribution in [3.05, 3.63) is 0 Å². The van der Waals surface area contributed by atoms with Crippen LogP contribution in [-0.4, -0.2) is 38.9 Å². The van der Waals surface area contributed by atoms with Gasteiger partial charge in [0.05, 0.1) is 6.10 Å². The molecule has 2 fully saturated rings. The first-order chi connectivity index (χ1) is 8.76. The summed E-state index contributed by atoms with van der Waals surface area (Å²) < 4.78 is 5.63. The molecule has 0 aliphatic carbocycles. The molecule has 0 spiro atoms. The summed E-state index contributed by atoms with van der Waals surface area (Å²) >= 11 is 0. The lowest BCUT2D eigenvalue weighted by Gasteiger charge is -2.38. The van der Waals surface area contributed by atoms with Crippen LogP contribution >= 0.6 is 0 Å². The van der Waals surface area contributed by atoms with Crippen molar-refractivity contribution >= 4 is 0 Å². The Labute approximate surface area is 112 Å². The monoisotopic (exact) mass is 254 g/mol. The third-order valence-electron chi connectivity index (χ3n) is 4.88. The number of ether oxygens (including phenoxy) is 1. The van der Waals surface area contributed by atoms with Crippen LogP contribution in [0.3, 0.4) is 0 Å². The number of piperidine rings is 1. The summed E-state index contributed by atoms with van der Waals surface area (Å²) in [5, 5.41) is 7.23. The molecule has 2 atom stereocenters. The summed E-state index contributed by atoms with van der Waals surface area (Å²) in [5.41, 5.74) is 0.558. The maximum absolute atomic E-state index is 5.63. The molecule has 0 saturated carbocycles. The average Bonchev–Trinajstić information content (AvgIpc) is 2.77. The second kappa shape index (κ2) is 6.88. The molecule has 2 rings (SSSR count). The van der Waals surface area contributed by atoms with E-state index in [1.807, 2.05) is 0 Å². The summed E-state index contributed by atoms with van der Waals surface area (Å²) in [4.78, 5) is 0. The Morgan fingerprint density at radius 2 is 2.11 bits per heavy atom. The van der Waals surface area contributed by atoms with Crippen molar-refractivity contribution in [2.75, 3.05) is 32.8 Å². The number of rotatable bonds is 6. The van der Waals surface area contributed by atoms with Crippen molar-refractivity contribution < 1.29 is 4.74 Å². The maximum Gasteiger partial charge on any atom is 0.0588 e. The van der Waals surface area contributed by atoms with Crippen molar-refractivity contribution in [3.63, 3.8) is 0 Å². The summed E-state index contributed by atoms with van der Waals surface area (Å²) in [6, 6.07) is 0. The summed E-state index contributed by atoms with van der Waals surface area (Å²) in [6.07, 6.45) is 7.04. The smallest absolute Gasteiger partial charge is 0.0588 e. The highest BCUT2D eigenvalue weighted by molar-refractivity contribution is 4.87. The number of nitrogens with one attached hydrogen (secondary N) is 2. The van der Waals surface area contributed by atoms with Gasteiger partial charge in [0, 0.05) is 19.7 Å². The van der Waals surface area contributed by atoms with Crippen LogP contribution in [0.1, 0.15) is 46.0 Å². The third kappa shape index (κ3) is 3.69. The van der Waals surface area contributed by atoms with Gasteiger partial charge >= 0.3 is 0 Å². The highest BCUT2D eigenvalue weighted by Crippen LogP contribution is 2.33. The van der Waals surface area contributed by atoms with Gasteiger partial charge in [-0.2, -0.15) is 0 Å². The molecule has 18 heavy (non-hydrogen) atoms. The molecular formula is C15H30N2O. The van der Waals surface area contributed by atoms with E-state index in [1.165, 1.54) is 51.7 Å². The van der Waals surface area contributed by atoms with Crippen LogP contribution in [0.4, 0.5) is 0 Å². The fourth-order valence-electron chi connectivity index (χ4n) is 3.57. The van der Waals surface area contributed by atoms with Gasteiger partial charge < -0.3 is 15.4 Å². The van der Waals surface area contributed by atoms with Crippen LogP contribution in [0.15, 0.2) is 0 Å². The van der Waals surface area contributed by atoms with E-state index in [0.29, 0.717) is 11.5 Å². The highest BCUT2D eigenvalue weighted by Gasteiger charge is 2.31. The molecular weight excluding hydrogens is 224 g/mol. The predicted octanol–water partition coefficient (Wildman–Crippen LogP) is 2.17. The zero-order valence-corrected chi connectivity index (χ0v) is 12.1. The van der Waals surface area contributed by atoms with Gasteiger partial charge in [-0.05, 0) is 57.0 Å². The van der Waals surface area contributed by atoms with E-state index < -0.39 is 0 Å². The minimum atomic E-state index is 0.452. The zero-order chi connectivity index (χ0) is 12.8. The number of hydrogen-bond donors (Lipinski definition) is 2. The molecule has 0 amide bonds. The summed E-state index contributed by atoms with van der Waals surface area (Å²) in [7, 11) is 0. The zero-order valence-electron chi connectivity index (χ0n) is 12.1. The molecule has 0 bridgehead atoms. The molecule has 0 radical (unpaired) electrons. The van der Waals surface area contributed by atoms with E-state index in [1.54, 1.807) is 0 Å². The van der Waals surface area contributed by atoms with Gasteiger partial charge in [-0.15, -0.1) is 0 Å². The van der Waals surface area contributed by atoms with E-state index in [4.69, 9.17) is 4.74 Å². The Kier molecular flexibility index (Phi) is 5.46. The van der Waals surface area contributed by atoms with Crippen molar-refractivity contribution in [1.29, 1.82) is 0 Å². The lowest BCUT2D eigenvalue weighted by atomic mass is 9.75. The van der Waals surface area contributed by atoms with Crippen LogP contribution in [0, 0.1) is 11.3 Å². The fourth-order valence-corrected chi connectivity index (χ4v) is 3.57. The van der Waals surface area contributed by atoms with Crippen LogP contribution < -0.4 is 10.6 Å². The molecule has 0 aromatic rings. The van der Waals surface area contributed by atoms with Gasteiger partial charge in [0.1, 0.15) is 0 Å². The van der Waals surface area contributed by atoms with Crippen LogP contribution in [0.25, 0.3) is 0 Å². The van der Waals surface area contributed by atoms with Crippen molar-refractivity contribution in [1.82, 2.24) is 10.6 Å². The number of hydrogen-bond acceptors (Lipinski definition) is 3. The largest absolute Gasteiger partial charge is 0.378 e. The second-order valence-corrected chi connectivity index (χ2v) is 6.26. The molecule has 2 N–H and O–H groups in total. The first kappa shape index (κ1) is 14.3. The van der Waals surface area contributed by atoms with E-state index in [-0.39, 0.29) is 0 Å². The fraction of sp³-hybridized carbons (Fsp3) is 1.00. The highest BCUT2D eigenvalue weighted by atomic mass is 16.5. The molecule has 3 nitrogen and oxygen atoms in total. The maximum atomic E-state index is 5.63. The Bertz CT molecular complexity index is 233. The standard InChI is InChI=1S/C15H30N2O/c1-3-5-15(6-8-16-9-7-15)12-17-11-14-4-10-18-13(14)2/h13-14,16-17H,3-12H2,1-2H3. The lowest BCUT2D eigenvalue weighted by Crippen LogP contribution is -2.44. The van der Waals surface area contributed by atoms with Crippen LogP contribution in [-0.2, 0) is 4.74 Å². The van der Waals surface area contributed by atoms with Crippen molar-refractivity contribution in [3.8, 4) is 0 Å². The van der Waals surface area contributed by atoms with Gasteiger partial charge in [0.2, 0.25) is 0 Å². The van der Waals surface area contributed by atoms with Crippen LogP contribution in [0.5, 0.6) is 0 Å². The van der Waals surface area contributed by atoms with Gasteiger partial charge in [0.15, 0.2) is 0 Å². The summed E-state index contributed by atoms with van der Waals surface area (Å²) in [5.74, 6) is 0.727.